The normalized spacial score (nSPS) is 10.4. The van der Waals surface area contributed by atoms with Crippen LogP contribution in [0.4, 0.5) is 14.5 Å². The molecule has 0 atom stereocenters. The van der Waals surface area contributed by atoms with Gasteiger partial charge in [0, 0.05) is 0 Å². The molecule has 16 heavy (non-hydrogen) atoms. The Kier molecular flexibility index (Phi) is 3.00. The third-order valence-corrected chi connectivity index (χ3v) is 2.67. The topological polar surface area (TPSA) is 51.8 Å². The van der Waals surface area contributed by atoms with Gasteiger partial charge >= 0.3 is 0 Å². The summed E-state index contributed by atoms with van der Waals surface area (Å²) in [4.78, 5) is 7.91. The second kappa shape index (κ2) is 4.44. The van der Waals surface area contributed by atoms with Gasteiger partial charge in [-0.3, -0.25) is 0 Å². The summed E-state index contributed by atoms with van der Waals surface area (Å²) < 4.78 is 26.1. The monoisotopic (exact) mass is 239 g/mol. The molecule has 0 saturated heterocycles. The molecule has 0 aliphatic carbocycles. The maximum absolute atomic E-state index is 13.3. The molecular weight excluding hydrogens is 232 g/mol. The number of rotatable bonds is 2. The molecule has 0 amide bonds. The number of hydrogen-bond donors (Lipinski definition) is 1. The minimum atomic E-state index is -0.508. The third-order valence-electron chi connectivity index (χ3n) is 1.74. The van der Waals surface area contributed by atoms with E-state index in [0.717, 1.165) is 30.0 Å². The first-order valence-corrected chi connectivity index (χ1v) is 5.17. The highest BCUT2D eigenvalue weighted by Crippen LogP contribution is 2.27. The zero-order valence-electron chi connectivity index (χ0n) is 8.02. The first kappa shape index (κ1) is 10.8. The van der Waals surface area contributed by atoms with Gasteiger partial charge in [-0.15, -0.1) is 0 Å². The van der Waals surface area contributed by atoms with Gasteiger partial charge in [-0.25, -0.2) is 18.7 Å². The van der Waals surface area contributed by atoms with Crippen molar-refractivity contribution in [2.24, 2.45) is 0 Å². The standard InChI is InChI=1S/C10H7F2N3S/c11-6-1-2-8(12)9(3-6)16-10-14-4-7(13)5-15-10/h1-5H,13H2. The minimum absolute atomic E-state index is 0.143. The lowest BCUT2D eigenvalue weighted by Gasteiger charge is -2.01. The molecule has 1 aromatic heterocycles. The van der Waals surface area contributed by atoms with Crippen LogP contribution in [0.1, 0.15) is 0 Å². The molecular formula is C10H7F2N3S. The number of anilines is 1. The second-order valence-electron chi connectivity index (χ2n) is 2.98. The van der Waals surface area contributed by atoms with Gasteiger partial charge in [-0.05, 0) is 30.0 Å². The van der Waals surface area contributed by atoms with Gasteiger partial charge in [0.25, 0.3) is 0 Å². The van der Waals surface area contributed by atoms with Crippen LogP contribution in [0, 0.1) is 11.6 Å². The fourth-order valence-electron chi connectivity index (χ4n) is 1.03. The number of aromatic nitrogens is 2. The zero-order valence-corrected chi connectivity index (χ0v) is 8.84. The van der Waals surface area contributed by atoms with E-state index in [1.54, 1.807) is 0 Å². The van der Waals surface area contributed by atoms with E-state index in [0.29, 0.717) is 10.8 Å². The Balaban J connectivity index is 2.26. The Morgan fingerprint density at radius 3 is 2.50 bits per heavy atom. The van der Waals surface area contributed by atoms with Gasteiger partial charge in [0.15, 0.2) is 5.16 Å². The van der Waals surface area contributed by atoms with E-state index in [1.165, 1.54) is 12.4 Å². The molecule has 0 radical (unpaired) electrons. The SMILES string of the molecule is Nc1cnc(Sc2cc(F)ccc2F)nc1. The average Bonchev–Trinajstić information content (AvgIpc) is 2.27. The van der Waals surface area contributed by atoms with Crippen LogP contribution in [0.5, 0.6) is 0 Å². The summed E-state index contributed by atoms with van der Waals surface area (Å²) in [7, 11) is 0. The van der Waals surface area contributed by atoms with Crippen molar-refractivity contribution in [3.63, 3.8) is 0 Å². The number of nitrogen functional groups attached to an aromatic ring is 1. The summed E-state index contributed by atoms with van der Waals surface area (Å²) in [5.41, 5.74) is 5.83. The van der Waals surface area contributed by atoms with E-state index in [9.17, 15) is 8.78 Å². The van der Waals surface area contributed by atoms with E-state index in [1.807, 2.05) is 0 Å². The van der Waals surface area contributed by atoms with Crippen molar-refractivity contribution in [3.8, 4) is 0 Å². The Morgan fingerprint density at radius 2 is 1.81 bits per heavy atom. The van der Waals surface area contributed by atoms with E-state index in [4.69, 9.17) is 5.73 Å². The quantitative estimate of drug-likeness (QED) is 0.818. The maximum atomic E-state index is 13.3. The van der Waals surface area contributed by atoms with Crippen molar-refractivity contribution in [2.45, 2.75) is 10.1 Å². The van der Waals surface area contributed by atoms with Crippen molar-refractivity contribution < 1.29 is 8.78 Å². The molecule has 1 heterocycles. The predicted octanol–water partition coefficient (Wildman–Crippen LogP) is 2.49. The lowest BCUT2D eigenvalue weighted by atomic mass is 10.3. The molecule has 82 valence electrons. The van der Waals surface area contributed by atoms with Gasteiger partial charge in [-0.2, -0.15) is 0 Å². The maximum Gasteiger partial charge on any atom is 0.192 e. The number of hydrogen-bond acceptors (Lipinski definition) is 4. The summed E-state index contributed by atoms with van der Waals surface area (Å²) in [5, 5.41) is 0.318. The summed E-state index contributed by atoms with van der Waals surface area (Å²) in [6.07, 6.45) is 2.82. The van der Waals surface area contributed by atoms with E-state index >= 15 is 0 Å². The van der Waals surface area contributed by atoms with Gasteiger partial charge in [-0.1, -0.05) is 0 Å². The van der Waals surface area contributed by atoms with Crippen molar-refractivity contribution in [3.05, 3.63) is 42.2 Å². The fourth-order valence-corrected chi connectivity index (χ4v) is 1.78. The van der Waals surface area contributed by atoms with Crippen molar-refractivity contribution in [2.75, 3.05) is 5.73 Å². The largest absolute Gasteiger partial charge is 0.396 e. The van der Waals surface area contributed by atoms with Crippen LogP contribution in [-0.4, -0.2) is 9.97 Å². The third kappa shape index (κ3) is 2.46. The Bertz CT molecular complexity index is 502. The molecule has 0 unspecified atom stereocenters. The van der Waals surface area contributed by atoms with Gasteiger partial charge < -0.3 is 5.73 Å². The molecule has 6 heteroatoms. The van der Waals surface area contributed by atoms with Crippen molar-refractivity contribution >= 4 is 17.4 Å². The fraction of sp³-hybridized carbons (Fsp3) is 0. The molecule has 2 N–H and O–H groups in total. The van der Waals surface area contributed by atoms with E-state index < -0.39 is 11.6 Å². The number of benzene rings is 1. The molecule has 3 nitrogen and oxygen atoms in total. The Hall–Kier alpha value is -1.69. The Labute approximate surface area is 94.7 Å². The molecule has 2 aromatic rings. The van der Waals surface area contributed by atoms with Crippen LogP contribution in [0.2, 0.25) is 0 Å². The first-order valence-electron chi connectivity index (χ1n) is 4.35. The van der Waals surface area contributed by atoms with Gasteiger partial charge in [0.1, 0.15) is 11.6 Å². The molecule has 0 spiro atoms. The predicted molar refractivity (Wildman–Crippen MR) is 56.9 cm³/mol. The summed E-state index contributed by atoms with van der Waals surface area (Å²) >= 11 is 0.944. The summed E-state index contributed by atoms with van der Waals surface area (Å²) in [6.45, 7) is 0. The Morgan fingerprint density at radius 1 is 1.12 bits per heavy atom. The lowest BCUT2D eigenvalue weighted by molar-refractivity contribution is 0.577. The molecule has 2 rings (SSSR count). The smallest absolute Gasteiger partial charge is 0.192 e. The average molecular weight is 239 g/mol. The minimum Gasteiger partial charge on any atom is -0.396 e. The highest BCUT2D eigenvalue weighted by Gasteiger charge is 2.07. The van der Waals surface area contributed by atoms with E-state index in [2.05, 4.69) is 9.97 Å². The molecule has 1 aromatic carbocycles. The van der Waals surface area contributed by atoms with Crippen LogP contribution >= 0.6 is 11.8 Å². The summed E-state index contributed by atoms with van der Waals surface area (Å²) in [5.74, 6) is -1.01. The van der Waals surface area contributed by atoms with Crippen LogP contribution < -0.4 is 5.73 Å². The molecule has 0 fully saturated rings. The van der Waals surface area contributed by atoms with Gasteiger partial charge in [0.2, 0.25) is 0 Å². The molecule has 0 aliphatic rings. The first-order chi connectivity index (χ1) is 7.65. The van der Waals surface area contributed by atoms with Crippen molar-refractivity contribution in [1.82, 2.24) is 9.97 Å². The lowest BCUT2D eigenvalue weighted by Crippen LogP contribution is -1.91. The number of nitrogens with zero attached hydrogens (tertiary/aromatic N) is 2. The van der Waals surface area contributed by atoms with Crippen LogP contribution in [0.15, 0.2) is 40.6 Å². The number of halogens is 2. The molecule has 0 saturated carbocycles. The van der Waals surface area contributed by atoms with Crippen molar-refractivity contribution in [1.29, 1.82) is 0 Å². The molecule has 0 bridgehead atoms. The number of nitrogens with two attached hydrogens (primary N) is 1. The van der Waals surface area contributed by atoms with Crippen LogP contribution in [0.3, 0.4) is 0 Å². The zero-order chi connectivity index (χ0) is 11.5. The van der Waals surface area contributed by atoms with Crippen LogP contribution in [0.25, 0.3) is 0 Å². The summed E-state index contributed by atoms with van der Waals surface area (Å²) in [6, 6.07) is 3.22. The van der Waals surface area contributed by atoms with E-state index in [-0.39, 0.29) is 4.90 Å². The van der Waals surface area contributed by atoms with Crippen LogP contribution in [-0.2, 0) is 0 Å². The second-order valence-corrected chi connectivity index (χ2v) is 3.98. The molecule has 0 aliphatic heterocycles. The van der Waals surface area contributed by atoms with Gasteiger partial charge in [0.05, 0.1) is 23.0 Å². The highest BCUT2D eigenvalue weighted by atomic mass is 32.2. The highest BCUT2D eigenvalue weighted by molar-refractivity contribution is 7.99.